The maximum absolute atomic E-state index is 12.6. The van der Waals surface area contributed by atoms with E-state index in [2.05, 4.69) is 50.2 Å². The summed E-state index contributed by atoms with van der Waals surface area (Å²) in [6.07, 6.45) is 2.66. The van der Waals surface area contributed by atoms with E-state index in [4.69, 9.17) is 27.6 Å². The molecule has 11 N–H and O–H groups in total. The summed E-state index contributed by atoms with van der Waals surface area (Å²) < 4.78 is 162. The first-order valence-electron chi connectivity index (χ1n) is 17.7. The lowest BCUT2D eigenvalue weighted by Gasteiger charge is -2.16. The Hall–Kier alpha value is -6.33. The third-order valence-corrected chi connectivity index (χ3v) is 13.9. The first-order chi connectivity index (χ1) is 30.6. The van der Waals surface area contributed by atoms with Gasteiger partial charge in [-0.3, -0.25) is 18.2 Å². The van der Waals surface area contributed by atoms with E-state index in [1.807, 2.05) is 0 Å². The number of benzene rings is 4. The third kappa shape index (κ3) is 12.1. The molecule has 5 aromatic rings. The third-order valence-electron chi connectivity index (χ3n) is 8.75. The Morgan fingerprint density at radius 3 is 1.97 bits per heavy atom. The van der Waals surface area contributed by atoms with Crippen molar-refractivity contribution in [1.29, 1.82) is 0 Å². The summed E-state index contributed by atoms with van der Waals surface area (Å²) >= 11 is 6.14. The normalized spacial score (nSPS) is 14.1. The molecule has 0 fully saturated rings. The Balaban J connectivity index is 1.30. The van der Waals surface area contributed by atoms with Crippen LogP contribution in [0.3, 0.4) is 0 Å². The maximum Gasteiger partial charge on any atom is 0.397 e. The van der Waals surface area contributed by atoms with Crippen molar-refractivity contribution >= 4 is 125 Å². The van der Waals surface area contributed by atoms with Gasteiger partial charge in [0.05, 0.1) is 45.4 Å². The molecule has 0 atom stereocenters. The van der Waals surface area contributed by atoms with E-state index >= 15 is 0 Å². The molecule has 33 heteroatoms. The number of halogens is 1. The van der Waals surface area contributed by atoms with Crippen molar-refractivity contribution in [3.8, 4) is 5.75 Å². The zero-order chi connectivity index (χ0) is 48.6. The van der Waals surface area contributed by atoms with E-state index < -0.39 is 100 Å². The van der Waals surface area contributed by atoms with Gasteiger partial charge in [-0.05, 0) is 84.4 Å². The summed E-state index contributed by atoms with van der Waals surface area (Å²) in [6.45, 7) is -0.816. The molecule has 0 unspecified atom stereocenters. The highest BCUT2D eigenvalue weighted by atomic mass is 35.5. The highest BCUT2D eigenvalue weighted by Gasteiger charge is 2.24. The lowest BCUT2D eigenvalue weighted by molar-refractivity contribution is 0.284. The molecule has 1 heterocycles. The molecule has 27 nitrogen and oxygen atoms in total. The highest BCUT2D eigenvalue weighted by Crippen LogP contribution is 2.42. The van der Waals surface area contributed by atoms with Gasteiger partial charge in [-0.15, -0.1) is 15.3 Å². The minimum absolute atomic E-state index is 0.0380. The Morgan fingerprint density at radius 1 is 0.682 bits per heavy atom. The van der Waals surface area contributed by atoms with Crippen molar-refractivity contribution in [2.24, 2.45) is 20.5 Å². The largest absolute Gasteiger partial charge is 0.507 e. The summed E-state index contributed by atoms with van der Waals surface area (Å²) in [6, 6.07) is 9.03. The van der Waals surface area contributed by atoms with E-state index in [1.165, 1.54) is 24.3 Å². The van der Waals surface area contributed by atoms with Crippen LogP contribution in [0.5, 0.6) is 5.75 Å². The molecule has 1 aliphatic rings. The second-order valence-corrected chi connectivity index (χ2v) is 21.1. The van der Waals surface area contributed by atoms with E-state index in [0.29, 0.717) is 5.70 Å². The van der Waals surface area contributed by atoms with Gasteiger partial charge in [0.15, 0.2) is 9.84 Å². The predicted molar refractivity (Wildman–Crippen MR) is 234 cm³/mol. The highest BCUT2D eigenvalue weighted by molar-refractivity contribution is 7.95. The molecule has 0 radical (unpaired) electrons. The number of phenols is 1. The van der Waals surface area contributed by atoms with Crippen molar-refractivity contribution in [1.82, 2.24) is 15.0 Å². The predicted octanol–water partition coefficient (Wildman–Crippen LogP) is 5.07. The van der Waals surface area contributed by atoms with Gasteiger partial charge in [-0.1, -0.05) is 6.07 Å². The van der Waals surface area contributed by atoms with E-state index in [1.54, 1.807) is 0 Å². The number of nitrogens with two attached hydrogens (primary N) is 2. The van der Waals surface area contributed by atoms with Gasteiger partial charge in [0.1, 0.15) is 32.6 Å². The van der Waals surface area contributed by atoms with Crippen LogP contribution in [0.4, 0.5) is 51.7 Å². The molecule has 4 aromatic carbocycles. The smallest absolute Gasteiger partial charge is 0.397 e. The van der Waals surface area contributed by atoms with Crippen LogP contribution < -0.4 is 22.1 Å². The van der Waals surface area contributed by atoms with Gasteiger partial charge < -0.3 is 27.2 Å². The lowest BCUT2D eigenvalue weighted by Crippen LogP contribution is -2.18. The summed E-state index contributed by atoms with van der Waals surface area (Å²) in [5.74, 6) is -1.92. The molecule has 0 bridgehead atoms. The molecule has 0 saturated carbocycles. The van der Waals surface area contributed by atoms with Gasteiger partial charge >= 0.3 is 10.4 Å². The minimum atomic E-state index is -5.12. The van der Waals surface area contributed by atoms with Crippen molar-refractivity contribution in [3.63, 3.8) is 0 Å². The molecular formula is C33H30ClN11O16S5. The van der Waals surface area contributed by atoms with Crippen molar-refractivity contribution in [3.05, 3.63) is 82.6 Å². The van der Waals surface area contributed by atoms with Gasteiger partial charge in [0.25, 0.3) is 30.4 Å². The number of allylic oxidation sites excluding steroid dienone is 4. The Morgan fingerprint density at radius 2 is 1.35 bits per heavy atom. The monoisotopic (exact) mass is 1030 g/mol. The number of aromatic nitrogens is 3. The number of rotatable bonds is 16. The molecule has 6 rings (SSSR count). The van der Waals surface area contributed by atoms with Crippen LogP contribution in [-0.4, -0.2) is 92.7 Å². The first kappa shape index (κ1) is 49.1. The number of azo groups is 2. The van der Waals surface area contributed by atoms with Crippen LogP contribution in [0.1, 0.15) is 12.8 Å². The average molecular weight is 1030 g/mol. The quantitative estimate of drug-likeness (QED) is 0.0354. The van der Waals surface area contributed by atoms with Crippen molar-refractivity contribution in [2.45, 2.75) is 27.5 Å². The zero-order valence-corrected chi connectivity index (χ0v) is 37.4. The van der Waals surface area contributed by atoms with E-state index in [0.717, 1.165) is 42.5 Å². The molecule has 350 valence electrons. The number of hydrogen-bond acceptors (Lipinski definition) is 23. The Kier molecular flexibility index (Phi) is 13.8. The number of sulfone groups is 1. The topological polar surface area (TPSA) is 445 Å². The van der Waals surface area contributed by atoms with Crippen LogP contribution in [0, 0.1) is 0 Å². The van der Waals surface area contributed by atoms with Gasteiger partial charge in [0, 0.05) is 16.7 Å². The first-order valence-corrected chi connectivity index (χ1v) is 25.4. The van der Waals surface area contributed by atoms with Crippen LogP contribution in [0.15, 0.2) is 112 Å². The fourth-order valence-corrected chi connectivity index (χ4v) is 9.43. The Bertz CT molecular complexity index is 3540. The zero-order valence-electron chi connectivity index (χ0n) is 32.6. The number of anilines is 5. The van der Waals surface area contributed by atoms with Crippen molar-refractivity contribution < 1.29 is 69.6 Å². The molecule has 1 aromatic heterocycles. The minimum Gasteiger partial charge on any atom is -0.507 e. The molecule has 0 spiro atoms. The number of phenolic OH excluding ortho intramolecular Hbond substituents is 1. The summed E-state index contributed by atoms with van der Waals surface area (Å²) in [7, 11) is -23.7. The number of nitrogens with one attached hydrogen (secondary N) is 2. The van der Waals surface area contributed by atoms with Crippen LogP contribution in [0.25, 0.3) is 10.8 Å². The van der Waals surface area contributed by atoms with Crippen LogP contribution in [-0.2, 0) is 54.8 Å². The number of fused-ring (bicyclic) bond motifs is 1. The molecular weight excluding hydrogens is 1000 g/mol. The van der Waals surface area contributed by atoms with Gasteiger partial charge in [-0.2, -0.15) is 53.7 Å². The molecule has 1 aliphatic carbocycles. The SMILES string of the molecule is Nc1cc(Nc2nc(Cl)nc(NC3=CC=C(S(=O)(=O)CCOS(=O)(=O)O)CC3)n2)c(N=Nc2ccc(N=Nc3c(N)ccc4cc(S(=O)(=O)O)cc(O)c34)c(S(=O)(=O)O)c2)cc1S(=O)(=O)O. The van der Waals surface area contributed by atoms with Crippen molar-refractivity contribution in [2.75, 3.05) is 34.5 Å². The van der Waals surface area contributed by atoms with Crippen LogP contribution >= 0.6 is 11.6 Å². The second-order valence-electron chi connectivity index (χ2n) is 13.3. The van der Waals surface area contributed by atoms with Gasteiger partial charge in [0.2, 0.25) is 17.2 Å². The molecule has 66 heavy (non-hydrogen) atoms. The number of hydrogen-bond donors (Lipinski definition) is 9. The maximum atomic E-state index is 12.6. The summed E-state index contributed by atoms with van der Waals surface area (Å²) in [5, 5.41) is 31.3. The summed E-state index contributed by atoms with van der Waals surface area (Å²) in [5.41, 5.74) is 10.1. The standard InChI is InChI=1S/C33H30ClN11O16S5/c34-31-39-32(37-17-2-5-19(6-3-17)62(47,48)10-9-61-66(58,59)60)41-33(40-31)38-24-14-22(36)27(64(52,53)54)15-25(24)44-42-18-4-8-23(28(12-18)65(55,56)57)43-45-30-21(35)7-1-16-11-20(63(49,50)51)13-26(46)29(16)30/h1-2,4-5,7-8,11-15,46H,3,6,9-10,35-36H2,(H,49,50,51)(H,52,53,54)(H,55,56,57)(H,58,59,60)(H2,37,38,39,40,41). The van der Waals surface area contributed by atoms with E-state index in [-0.39, 0.29) is 68.9 Å². The summed E-state index contributed by atoms with van der Waals surface area (Å²) in [4.78, 5) is 9.69. The fraction of sp³-hybridized carbons (Fsp3) is 0.121. The Labute approximate surface area is 378 Å². The number of nitrogens with zero attached hydrogens (tertiary/aromatic N) is 7. The number of nitrogen functional groups attached to an aromatic ring is 2. The van der Waals surface area contributed by atoms with E-state index in [9.17, 15) is 60.9 Å². The average Bonchev–Trinajstić information content (AvgIpc) is 3.18. The van der Waals surface area contributed by atoms with Crippen LogP contribution in [0.2, 0.25) is 5.28 Å². The molecule has 0 amide bonds. The lowest BCUT2D eigenvalue weighted by atomic mass is 10.1. The second kappa shape index (κ2) is 18.5. The molecule has 0 aliphatic heterocycles. The number of aromatic hydroxyl groups is 1. The fourth-order valence-electron chi connectivity index (χ4n) is 5.82. The molecule has 0 saturated heterocycles. The van der Waals surface area contributed by atoms with Gasteiger partial charge in [-0.25, -0.2) is 12.6 Å².